The van der Waals surface area contributed by atoms with Crippen LogP contribution in [0.5, 0.6) is 0 Å². The van der Waals surface area contributed by atoms with E-state index < -0.39 is 10.8 Å². The summed E-state index contributed by atoms with van der Waals surface area (Å²) in [4.78, 5) is 0. The summed E-state index contributed by atoms with van der Waals surface area (Å²) in [5.41, 5.74) is 0. The van der Waals surface area contributed by atoms with Crippen molar-refractivity contribution in [3.63, 3.8) is 0 Å². The minimum absolute atomic E-state index is 0.152. The molecule has 2 fully saturated rings. The molecule has 2 aliphatic rings. The second-order valence-electron chi connectivity index (χ2n) is 2.39. The predicted octanol–water partition coefficient (Wildman–Crippen LogP) is 0.829. The van der Waals surface area contributed by atoms with E-state index >= 15 is 0 Å². The lowest BCUT2D eigenvalue weighted by Gasteiger charge is -2.12. The summed E-state index contributed by atoms with van der Waals surface area (Å²) in [5, 5.41) is 0. The first-order valence-corrected chi connectivity index (χ1v) is 7.11. The highest BCUT2D eigenvalue weighted by atomic mass is 32.3. The third kappa shape index (κ3) is 1.98. The Kier molecular flexibility index (Phi) is 3.36. The van der Waals surface area contributed by atoms with Gasteiger partial charge in [0.25, 0.3) is 0 Å². The van der Waals surface area contributed by atoms with E-state index in [0.717, 1.165) is 24.7 Å². The van der Waals surface area contributed by atoms with Crippen molar-refractivity contribution in [1.82, 2.24) is 0 Å². The van der Waals surface area contributed by atoms with Crippen molar-refractivity contribution in [2.45, 2.75) is 9.54 Å². The van der Waals surface area contributed by atoms with Crippen molar-refractivity contribution in [2.24, 2.45) is 0 Å². The van der Waals surface area contributed by atoms with Crippen LogP contribution in [0, 0.1) is 0 Å². The molecule has 0 amide bonds. The van der Waals surface area contributed by atoms with Gasteiger partial charge in [-0.3, -0.25) is 4.21 Å². The van der Waals surface area contributed by atoms with E-state index in [1.807, 2.05) is 0 Å². The fourth-order valence-electron chi connectivity index (χ4n) is 1.03. The summed E-state index contributed by atoms with van der Waals surface area (Å²) >= 11 is 3.24. The molecular weight excluding hydrogens is 216 g/mol. The summed E-state index contributed by atoms with van der Waals surface area (Å²) in [6.07, 6.45) is 0. The molecule has 0 spiro atoms. The summed E-state index contributed by atoms with van der Waals surface area (Å²) < 4.78 is 22.0. The molecule has 0 radical (unpaired) electrons. The van der Waals surface area contributed by atoms with E-state index in [9.17, 15) is 4.21 Å². The molecule has 3 nitrogen and oxygen atoms in total. The maximum absolute atomic E-state index is 11.7. The van der Waals surface area contributed by atoms with Gasteiger partial charge in [-0.2, -0.15) is 0 Å². The van der Waals surface area contributed by atoms with Gasteiger partial charge in [0.05, 0.1) is 13.2 Å². The van der Waals surface area contributed by atoms with Crippen LogP contribution >= 0.6 is 23.5 Å². The van der Waals surface area contributed by atoms with Crippen LogP contribution in [-0.2, 0) is 20.3 Å². The van der Waals surface area contributed by atoms with Crippen LogP contribution in [0.3, 0.4) is 0 Å². The molecule has 0 saturated carbocycles. The number of hydrogen-bond acceptors (Lipinski definition) is 5. The molecule has 0 bridgehead atoms. The molecule has 2 saturated heterocycles. The van der Waals surface area contributed by atoms with E-state index in [0.29, 0.717) is 0 Å². The average Bonchev–Trinajstić information content (AvgIpc) is 2.77. The molecule has 2 rings (SSSR count). The summed E-state index contributed by atoms with van der Waals surface area (Å²) in [5.74, 6) is 1.90. The van der Waals surface area contributed by atoms with Gasteiger partial charge in [-0.15, -0.1) is 23.5 Å². The molecule has 12 heavy (non-hydrogen) atoms. The van der Waals surface area contributed by atoms with E-state index in [4.69, 9.17) is 9.47 Å². The first-order chi connectivity index (χ1) is 5.88. The maximum Gasteiger partial charge on any atom is 0.182 e. The van der Waals surface area contributed by atoms with Gasteiger partial charge in [-0.05, 0) is 0 Å². The molecule has 2 heterocycles. The highest BCUT2D eigenvalue weighted by Gasteiger charge is 2.32. The van der Waals surface area contributed by atoms with Crippen LogP contribution in [0.25, 0.3) is 0 Å². The van der Waals surface area contributed by atoms with Gasteiger partial charge in [-0.25, -0.2) is 0 Å². The maximum atomic E-state index is 11.7. The number of hydrogen-bond donors (Lipinski definition) is 0. The van der Waals surface area contributed by atoms with Crippen LogP contribution in [0.15, 0.2) is 0 Å². The molecule has 6 heteroatoms. The first kappa shape index (κ1) is 9.33. The van der Waals surface area contributed by atoms with Gasteiger partial charge in [0.1, 0.15) is 10.8 Å². The molecule has 0 aliphatic carbocycles. The Bertz CT molecular complexity index is 157. The Morgan fingerprint density at radius 1 is 1.08 bits per heavy atom. The number of rotatable bonds is 2. The Morgan fingerprint density at radius 2 is 1.58 bits per heavy atom. The van der Waals surface area contributed by atoms with Crippen molar-refractivity contribution in [1.29, 1.82) is 0 Å². The topological polar surface area (TPSA) is 35.5 Å². The SMILES string of the molecule is O=S(C1OCCS1)C1OCCS1. The van der Waals surface area contributed by atoms with Gasteiger partial charge in [0, 0.05) is 11.5 Å². The lowest BCUT2D eigenvalue weighted by atomic mass is 10.9. The highest BCUT2D eigenvalue weighted by molar-refractivity contribution is 8.18. The quantitative estimate of drug-likeness (QED) is 0.697. The van der Waals surface area contributed by atoms with Crippen molar-refractivity contribution in [2.75, 3.05) is 24.7 Å². The third-order valence-corrected chi connectivity index (χ3v) is 6.17. The zero-order valence-electron chi connectivity index (χ0n) is 6.43. The van der Waals surface area contributed by atoms with Crippen LogP contribution in [0.4, 0.5) is 0 Å². The molecule has 2 unspecified atom stereocenters. The van der Waals surface area contributed by atoms with E-state index in [1.165, 1.54) is 0 Å². The van der Waals surface area contributed by atoms with Gasteiger partial charge < -0.3 is 9.47 Å². The van der Waals surface area contributed by atoms with E-state index in [2.05, 4.69) is 0 Å². The largest absolute Gasteiger partial charge is 0.354 e. The fraction of sp³-hybridized carbons (Fsp3) is 1.00. The lowest BCUT2D eigenvalue weighted by molar-refractivity contribution is 0.173. The van der Waals surface area contributed by atoms with E-state index in [1.54, 1.807) is 23.5 Å². The second-order valence-corrected chi connectivity index (χ2v) is 6.84. The molecule has 0 N–H and O–H groups in total. The standard InChI is InChI=1S/C6H10O3S3/c7-12(5-8-1-3-10-5)6-9-2-4-11-6/h5-6H,1-4H2. The highest BCUT2D eigenvalue weighted by Crippen LogP contribution is 2.31. The first-order valence-electron chi connectivity index (χ1n) is 3.74. The van der Waals surface area contributed by atoms with Crippen LogP contribution in [0.1, 0.15) is 0 Å². The monoisotopic (exact) mass is 226 g/mol. The van der Waals surface area contributed by atoms with Gasteiger partial charge in [-0.1, -0.05) is 0 Å². The molecule has 0 aromatic carbocycles. The summed E-state index contributed by atoms with van der Waals surface area (Å²) in [7, 11) is -0.989. The van der Waals surface area contributed by atoms with Gasteiger partial charge in [0.2, 0.25) is 0 Å². The molecular formula is C6H10O3S3. The fourth-order valence-corrected chi connectivity index (χ4v) is 5.30. The lowest BCUT2D eigenvalue weighted by Crippen LogP contribution is -2.20. The molecule has 2 atom stereocenters. The van der Waals surface area contributed by atoms with Crippen LogP contribution in [0.2, 0.25) is 0 Å². The number of thioether (sulfide) groups is 2. The minimum Gasteiger partial charge on any atom is -0.354 e. The molecule has 0 aromatic rings. The Hall–Kier alpha value is 0.770. The second kappa shape index (κ2) is 4.32. The van der Waals surface area contributed by atoms with Crippen molar-refractivity contribution >= 4 is 34.3 Å². The molecule has 2 aliphatic heterocycles. The smallest absolute Gasteiger partial charge is 0.182 e. The van der Waals surface area contributed by atoms with E-state index in [-0.39, 0.29) is 9.54 Å². The zero-order valence-corrected chi connectivity index (χ0v) is 8.88. The van der Waals surface area contributed by atoms with Crippen LogP contribution < -0.4 is 0 Å². The Morgan fingerprint density at radius 3 is 1.92 bits per heavy atom. The minimum atomic E-state index is -0.989. The van der Waals surface area contributed by atoms with Crippen molar-refractivity contribution in [3.05, 3.63) is 0 Å². The normalized spacial score (nSPS) is 38.7. The number of ether oxygens (including phenoxy) is 2. The summed E-state index contributed by atoms with van der Waals surface area (Å²) in [6, 6.07) is 0. The molecule has 0 aromatic heterocycles. The molecule has 70 valence electrons. The van der Waals surface area contributed by atoms with Gasteiger partial charge >= 0.3 is 0 Å². The van der Waals surface area contributed by atoms with Crippen LogP contribution in [-0.4, -0.2) is 38.5 Å². The predicted molar refractivity (Wildman–Crippen MR) is 52.5 cm³/mol. The zero-order chi connectivity index (χ0) is 8.39. The Balaban J connectivity index is 1.89. The Labute approximate surface area is 82.4 Å². The summed E-state index contributed by atoms with van der Waals surface area (Å²) in [6.45, 7) is 1.44. The van der Waals surface area contributed by atoms with Gasteiger partial charge in [0.15, 0.2) is 9.54 Å². The van der Waals surface area contributed by atoms with Crippen molar-refractivity contribution < 1.29 is 13.7 Å². The average molecular weight is 226 g/mol. The van der Waals surface area contributed by atoms with Crippen molar-refractivity contribution in [3.8, 4) is 0 Å². The third-order valence-electron chi connectivity index (χ3n) is 1.56.